The summed E-state index contributed by atoms with van der Waals surface area (Å²) in [6, 6.07) is 10.6. The van der Waals surface area contributed by atoms with Gasteiger partial charge in [0.05, 0.1) is 69.7 Å². The minimum absolute atomic E-state index is 0.0361. The molecule has 56 heavy (non-hydrogen) atoms. The van der Waals surface area contributed by atoms with Crippen LogP contribution in [0.3, 0.4) is 0 Å². The Morgan fingerprint density at radius 1 is 0.964 bits per heavy atom. The Hall–Kier alpha value is -3.28. The Labute approximate surface area is 329 Å². The molecule has 5 aliphatic rings. The molecule has 2 N–H and O–H groups in total. The van der Waals surface area contributed by atoms with E-state index in [-0.39, 0.29) is 51.9 Å². The number of carbonyl (C=O) groups is 1. The summed E-state index contributed by atoms with van der Waals surface area (Å²) in [6.07, 6.45) is -5.13. The van der Waals surface area contributed by atoms with Crippen LogP contribution < -0.4 is 24.3 Å². The molecule has 8 rings (SSSR count). The minimum atomic E-state index is -3.43. The maximum atomic E-state index is 13.9. The molecule has 3 saturated heterocycles. The first-order valence-electron chi connectivity index (χ1n) is 18.9. The molecule has 17 heteroatoms. The van der Waals surface area contributed by atoms with Gasteiger partial charge < -0.3 is 62.1 Å². The molecular weight excluding hydrogens is 769 g/mol. The monoisotopic (exact) mass is 817 g/mol. The number of methoxy groups -OCH3 is 2. The van der Waals surface area contributed by atoms with E-state index in [2.05, 4.69) is 5.32 Å². The number of hydrogen-bond acceptors (Lipinski definition) is 16. The second-order valence-electron chi connectivity index (χ2n) is 14.2. The van der Waals surface area contributed by atoms with Crippen molar-refractivity contribution in [2.45, 2.75) is 69.7 Å². The number of carbonyl (C=O) groups excluding carboxylic acids is 1. The quantitative estimate of drug-likeness (QED) is 0.160. The summed E-state index contributed by atoms with van der Waals surface area (Å²) in [5, 5.41) is 17.4. The highest BCUT2D eigenvalue weighted by molar-refractivity contribution is 7.53. The normalized spacial score (nSPS) is 30.6. The molecule has 0 saturated carbocycles. The van der Waals surface area contributed by atoms with Crippen molar-refractivity contribution in [2.24, 2.45) is 11.8 Å². The van der Waals surface area contributed by atoms with E-state index in [1.807, 2.05) is 48.7 Å². The first-order chi connectivity index (χ1) is 27.2. The summed E-state index contributed by atoms with van der Waals surface area (Å²) in [5.74, 6) is 0.310. The number of fused-ring (bicyclic) bond motifs is 4. The number of nitrogens with one attached hydrogen (secondary N) is 1. The van der Waals surface area contributed by atoms with Crippen LogP contribution in [0.1, 0.15) is 59.3 Å². The smallest absolute Gasteiger partial charge is 0.331 e. The van der Waals surface area contributed by atoms with Gasteiger partial charge >= 0.3 is 13.6 Å². The van der Waals surface area contributed by atoms with Crippen LogP contribution in [0.4, 0.5) is 0 Å². The zero-order valence-electron chi connectivity index (χ0n) is 31.9. The number of cyclic esters (lactones) is 1. The van der Waals surface area contributed by atoms with Crippen molar-refractivity contribution in [2.75, 3.05) is 60.1 Å². The lowest BCUT2D eigenvalue weighted by Crippen LogP contribution is -2.66. The molecule has 1 aliphatic carbocycles. The van der Waals surface area contributed by atoms with E-state index in [1.54, 1.807) is 28.1 Å². The minimum Gasteiger partial charge on any atom is -0.496 e. The number of esters is 1. The molecule has 0 bridgehead atoms. The first-order valence-corrected chi connectivity index (χ1v) is 21.5. The van der Waals surface area contributed by atoms with Crippen molar-refractivity contribution in [1.29, 1.82) is 0 Å². The van der Waals surface area contributed by atoms with Crippen LogP contribution in [-0.4, -0.2) is 102 Å². The van der Waals surface area contributed by atoms with Crippen LogP contribution in [0.5, 0.6) is 23.0 Å². The van der Waals surface area contributed by atoms with Gasteiger partial charge in [0.25, 0.3) is 0 Å². The molecule has 0 radical (unpaired) electrons. The average molecular weight is 818 g/mol. The fourth-order valence-corrected chi connectivity index (χ4v) is 10.8. The molecule has 0 amide bonds. The molecule has 5 heterocycles. The lowest BCUT2D eigenvalue weighted by molar-refractivity contribution is -0.351. The van der Waals surface area contributed by atoms with Gasteiger partial charge in [-0.3, -0.25) is 9.36 Å². The van der Waals surface area contributed by atoms with E-state index in [9.17, 15) is 14.5 Å². The molecule has 0 spiro atoms. The summed E-state index contributed by atoms with van der Waals surface area (Å²) < 4.78 is 79.6. The van der Waals surface area contributed by atoms with Crippen molar-refractivity contribution >= 4 is 24.9 Å². The second kappa shape index (κ2) is 16.5. The van der Waals surface area contributed by atoms with E-state index >= 15 is 0 Å². The van der Waals surface area contributed by atoms with Gasteiger partial charge in [-0.15, -0.1) is 11.3 Å². The Morgan fingerprint density at radius 3 is 2.34 bits per heavy atom. The fraction of sp³-hybridized carbons (Fsp3) is 0.564. The van der Waals surface area contributed by atoms with E-state index < -0.39 is 68.4 Å². The summed E-state index contributed by atoms with van der Waals surface area (Å²) >= 11 is 1.49. The number of thiophene rings is 1. The van der Waals surface area contributed by atoms with Crippen LogP contribution in [0.25, 0.3) is 0 Å². The van der Waals surface area contributed by atoms with Crippen LogP contribution >= 0.6 is 18.9 Å². The molecule has 6 unspecified atom stereocenters. The number of ether oxygens (including phenoxy) is 9. The molecular formula is C39H48NO14PS. The molecule has 2 aromatic carbocycles. The zero-order valence-corrected chi connectivity index (χ0v) is 33.6. The lowest BCUT2D eigenvalue weighted by Gasteiger charge is -2.49. The number of hydrogen-bond donors (Lipinski definition) is 2. The molecule has 15 nitrogen and oxygen atoms in total. The molecule has 3 aromatic rings. The second-order valence-corrected chi connectivity index (χ2v) is 17.4. The highest BCUT2D eigenvalue weighted by Crippen LogP contribution is 2.57. The van der Waals surface area contributed by atoms with Gasteiger partial charge in [-0.25, -0.2) is 0 Å². The van der Waals surface area contributed by atoms with E-state index in [1.165, 1.54) is 11.3 Å². The predicted molar refractivity (Wildman–Crippen MR) is 201 cm³/mol. The van der Waals surface area contributed by atoms with Gasteiger partial charge in [0.15, 0.2) is 24.1 Å². The summed E-state index contributed by atoms with van der Waals surface area (Å²) in [5.41, 5.74) is 3.16. The van der Waals surface area contributed by atoms with Gasteiger partial charge in [0.2, 0.25) is 6.79 Å². The van der Waals surface area contributed by atoms with Crippen LogP contribution in [0.15, 0.2) is 41.8 Å². The summed E-state index contributed by atoms with van der Waals surface area (Å²) in [7, 11) is -0.237. The highest BCUT2D eigenvalue weighted by atomic mass is 32.1. The Bertz CT molecular complexity index is 1890. The topological polar surface area (TPSA) is 168 Å². The molecule has 10 atom stereocenters. The molecule has 4 aliphatic heterocycles. The summed E-state index contributed by atoms with van der Waals surface area (Å²) in [4.78, 5) is 14.7. The Morgan fingerprint density at radius 2 is 1.68 bits per heavy atom. The van der Waals surface area contributed by atoms with Crippen molar-refractivity contribution < 1.29 is 66.1 Å². The third-order valence-corrected chi connectivity index (χ3v) is 14.1. The van der Waals surface area contributed by atoms with Crippen molar-refractivity contribution in [1.82, 2.24) is 5.32 Å². The Kier molecular flexibility index (Phi) is 11.7. The zero-order chi connectivity index (χ0) is 39.1. The predicted octanol–water partition coefficient (Wildman–Crippen LogP) is 5.22. The molecule has 1 aromatic heterocycles. The maximum absolute atomic E-state index is 13.9. The highest BCUT2D eigenvalue weighted by Gasteiger charge is 2.56. The largest absolute Gasteiger partial charge is 0.496 e. The van der Waals surface area contributed by atoms with Crippen molar-refractivity contribution in [3.63, 3.8) is 0 Å². The number of rotatable bonds is 14. The van der Waals surface area contributed by atoms with Gasteiger partial charge in [-0.2, -0.15) is 0 Å². The fourth-order valence-electron chi connectivity index (χ4n) is 8.54. The average Bonchev–Trinajstić information content (AvgIpc) is 3.98. The maximum Gasteiger partial charge on any atom is 0.331 e. The van der Waals surface area contributed by atoms with Crippen LogP contribution in [0.2, 0.25) is 0 Å². The van der Waals surface area contributed by atoms with Crippen LogP contribution in [0, 0.1) is 18.8 Å². The van der Waals surface area contributed by atoms with Gasteiger partial charge in [0, 0.05) is 23.9 Å². The standard InChI is InChI=1S/C39H48NO14PS/c1-6-50-55(43,51-7-2)11-10-40-33-34(41)36-29(18-47-38(54-36)30-9-8-12-56-30)52-39(33)53-35-23-16-28-27(48-19-49-28)15-22(23)31(32-24(35)17-46-37(32)42)21-13-25(44-4)20(3)26(14-21)45-5/h8-9,12-16,24,29,31-36,38-41H,6-7,10-11,17-19H2,1-5H3/t24-,29?,31+,32-,33?,34?,35+,36?,38?,39?/m0/s1. The molecule has 3 fully saturated rings. The van der Waals surface area contributed by atoms with Crippen molar-refractivity contribution in [3.8, 4) is 23.0 Å². The van der Waals surface area contributed by atoms with E-state index in [0.29, 0.717) is 23.0 Å². The molecule has 304 valence electrons. The summed E-state index contributed by atoms with van der Waals surface area (Å²) in [6.45, 7) is 6.24. The first kappa shape index (κ1) is 39.5. The third kappa shape index (κ3) is 7.34. The third-order valence-electron chi connectivity index (χ3n) is 11.1. The Balaban J connectivity index is 1.16. The number of aliphatic hydroxyl groups is 1. The van der Waals surface area contributed by atoms with Gasteiger partial charge in [0.1, 0.15) is 29.8 Å². The number of benzene rings is 2. The number of aliphatic hydroxyl groups excluding tert-OH is 1. The van der Waals surface area contributed by atoms with Gasteiger partial charge in [-0.05, 0) is 73.2 Å². The van der Waals surface area contributed by atoms with Crippen molar-refractivity contribution in [3.05, 3.63) is 68.9 Å². The lowest BCUT2D eigenvalue weighted by atomic mass is 9.66. The van der Waals surface area contributed by atoms with E-state index in [0.717, 1.165) is 27.1 Å². The van der Waals surface area contributed by atoms with Crippen LogP contribution in [-0.2, 0) is 42.1 Å². The SMILES string of the molecule is CCOP(=O)(CCNC1C(O[C@@H]2c3cc4c(cc3[C@@H](c3cc(OC)c(C)c(OC)c3)[C@H]3C(=O)OC[C@@H]32)OCO4)OC2COC(c3cccs3)OC2C1O)OCC. The van der Waals surface area contributed by atoms with E-state index in [4.69, 9.17) is 51.7 Å². The van der Waals surface area contributed by atoms with Gasteiger partial charge in [-0.1, -0.05) is 6.07 Å².